The minimum atomic E-state index is -0.429. The first-order valence-corrected chi connectivity index (χ1v) is 7.79. The summed E-state index contributed by atoms with van der Waals surface area (Å²) in [6.07, 6.45) is 0. The van der Waals surface area contributed by atoms with Gasteiger partial charge in [-0.2, -0.15) is 0 Å². The maximum absolute atomic E-state index is 10.8. The standard InChI is InChI=1S/C16H12BrN3O4/c1-10-8-11(6-7-14(10)20(21)22)23-9-15-18-19-16(24-15)12-4-2-3-5-13(12)17/h2-8H,9H2,1H3. The highest BCUT2D eigenvalue weighted by atomic mass is 79.9. The molecule has 0 aliphatic carbocycles. The first-order valence-electron chi connectivity index (χ1n) is 6.99. The minimum absolute atomic E-state index is 0.0522. The van der Waals surface area contributed by atoms with E-state index in [1.165, 1.54) is 12.1 Å². The van der Waals surface area contributed by atoms with E-state index >= 15 is 0 Å². The van der Waals surface area contributed by atoms with Crippen molar-refractivity contribution >= 4 is 21.6 Å². The van der Waals surface area contributed by atoms with Crippen LogP contribution in [0.3, 0.4) is 0 Å². The second kappa shape index (κ2) is 6.79. The molecule has 0 amide bonds. The lowest BCUT2D eigenvalue weighted by molar-refractivity contribution is -0.385. The van der Waals surface area contributed by atoms with Crippen LogP contribution in [-0.2, 0) is 6.61 Å². The highest BCUT2D eigenvalue weighted by Crippen LogP contribution is 2.27. The van der Waals surface area contributed by atoms with Crippen LogP contribution < -0.4 is 4.74 Å². The molecule has 3 rings (SSSR count). The van der Waals surface area contributed by atoms with E-state index in [9.17, 15) is 10.1 Å². The SMILES string of the molecule is Cc1cc(OCc2nnc(-c3ccccc3Br)o2)ccc1[N+](=O)[O-]. The van der Waals surface area contributed by atoms with Gasteiger partial charge in [0.2, 0.25) is 5.89 Å². The van der Waals surface area contributed by atoms with Crippen molar-refractivity contribution in [1.82, 2.24) is 10.2 Å². The van der Waals surface area contributed by atoms with Gasteiger partial charge in [0.1, 0.15) is 5.75 Å². The molecule has 0 bridgehead atoms. The van der Waals surface area contributed by atoms with E-state index in [-0.39, 0.29) is 12.3 Å². The van der Waals surface area contributed by atoms with Crippen molar-refractivity contribution < 1.29 is 14.1 Å². The Morgan fingerprint density at radius 3 is 2.75 bits per heavy atom. The number of nitro benzene ring substituents is 1. The fraction of sp³-hybridized carbons (Fsp3) is 0.125. The van der Waals surface area contributed by atoms with Gasteiger partial charge in [0.15, 0.2) is 6.61 Å². The number of rotatable bonds is 5. The molecule has 0 unspecified atom stereocenters. The summed E-state index contributed by atoms with van der Waals surface area (Å²) in [5.41, 5.74) is 1.37. The van der Waals surface area contributed by atoms with Crippen molar-refractivity contribution in [2.24, 2.45) is 0 Å². The number of hydrogen-bond donors (Lipinski definition) is 0. The molecule has 0 saturated heterocycles. The number of aryl methyl sites for hydroxylation is 1. The second-order valence-electron chi connectivity index (χ2n) is 4.97. The Morgan fingerprint density at radius 1 is 1.25 bits per heavy atom. The van der Waals surface area contributed by atoms with E-state index < -0.39 is 4.92 Å². The molecular formula is C16H12BrN3O4. The molecule has 8 heteroatoms. The molecule has 0 atom stereocenters. The monoisotopic (exact) mass is 389 g/mol. The maximum Gasteiger partial charge on any atom is 0.272 e. The van der Waals surface area contributed by atoms with Gasteiger partial charge in [-0.15, -0.1) is 10.2 Å². The van der Waals surface area contributed by atoms with Crippen LogP contribution in [0, 0.1) is 17.0 Å². The smallest absolute Gasteiger partial charge is 0.272 e. The van der Waals surface area contributed by atoms with Gasteiger partial charge in [-0.05, 0) is 47.1 Å². The van der Waals surface area contributed by atoms with Crippen LogP contribution in [0.5, 0.6) is 5.75 Å². The number of hydrogen-bond acceptors (Lipinski definition) is 6. The van der Waals surface area contributed by atoms with Gasteiger partial charge in [-0.3, -0.25) is 10.1 Å². The van der Waals surface area contributed by atoms with Crippen molar-refractivity contribution in [3.63, 3.8) is 0 Å². The Morgan fingerprint density at radius 2 is 2.04 bits per heavy atom. The topological polar surface area (TPSA) is 91.3 Å². The minimum Gasteiger partial charge on any atom is -0.484 e. The van der Waals surface area contributed by atoms with Gasteiger partial charge in [-0.1, -0.05) is 12.1 Å². The molecule has 7 nitrogen and oxygen atoms in total. The molecule has 1 heterocycles. The third-order valence-electron chi connectivity index (χ3n) is 3.30. The predicted octanol–water partition coefficient (Wildman–Crippen LogP) is 4.29. The Bertz CT molecular complexity index is 895. The molecule has 2 aromatic carbocycles. The number of benzene rings is 2. The molecule has 1 aromatic heterocycles. The second-order valence-corrected chi connectivity index (χ2v) is 5.83. The van der Waals surface area contributed by atoms with Crippen molar-refractivity contribution in [1.29, 1.82) is 0 Å². The quantitative estimate of drug-likeness (QED) is 0.477. The maximum atomic E-state index is 10.8. The fourth-order valence-electron chi connectivity index (χ4n) is 2.12. The van der Waals surface area contributed by atoms with Crippen LogP contribution in [0.15, 0.2) is 51.4 Å². The van der Waals surface area contributed by atoms with Crippen LogP contribution in [-0.4, -0.2) is 15.1 Å². The van der Waals surface area contributed by atoms with Crippen molar-refractivity contribution in [3.05, 3.63) is 68.5 Å². The van der Waals surface area contributed by atoms with Crippen LogP contribution in [0.2, 0.25) is 0 Å². The fourth-order valence-corrected chi connectivity index (χ4v) is 2.58. The number of aromatic nitrogens is 2. The lowest BCUT2D eigenvalue weighted by Crippen LogP contribution is -1.97. The summed E-state index contributed by atoms with van der Waals surface area (Å²) in [6.45, 7) is 1.73. The molecule has 122 valence electrons. The Labute approximate surface area is 145 Å². The van der Waals surface area contributed by atoms with E-state index in [1.807, 2.05) is 24.3 Å². The summed E-state index contributed by atoms with van der Waals surface area (Å²) in [5.74, 6) is 1.21. The largest absolute Gasteiger partial charge is 0.484 e. The first kappa shape index (κ1) is 16.1. The van der Waals surface area contributed by atoms with Gasteiger partial charge >= 0.3 is 0 Å². The normalized spacial score (nSPS) is 10.6. The molecule has 0 radical (unpaired) electrons. The molecule has 24 heavy (non-hydrogen) atoms. The van der Waals surface area contributed by atoms with E-state index in [0.29, 0.717) is 23.1 Å². The molecular weight excluding hydrogens is 378 g/mol. The number of ether oxygens (including phenoxy) is 1. The van der Waals surface area contributed by atoms with E-state index in [2.05, 4.69) is 26.1 Å². The third-order valence-corrected chi connectivity index (χ3v) is 3.99. The van der Waals surface area contributed by atoms with Crippen LogP contribution in [0.4, 0.5) is 5.69 Å². The Kier molecular flexibility index (Phi) is 4.57. The van der Waals surface area contributed by atoms with Crippen LogP contribution in [0.25, 0.3) is 11.5 Å². The lowest BCUT2D eigenvalue weighted by atomic mass is 10.2. The first-order chi connectivity index (χ1) is 11.5. The summed E-state index contributed by atoms with van der Waals surface area (Å²) in [5, 5.41) is 18.7. The zero-order valence-electron chi connectivity index (χ0n) is 12.6. The van der Waals surface area contributed by atoms with Gasteiger partial charge in [0.05, 0.1) is 10.5 Å². The Balaban J connectivity index is 1.71. The zero-order valence-corrected chi connectivity index (χ0v) is 14.2. The summed E-state index contributed by atoms with van der Waals surface area (Å²) in [7, 11) is 0. The highest BCUT2D eigenvalue weighted by molar-refractivity contribution is 9.10. The van der Waals surface area contributed by atoms with Crippen molar-refractivity contribution in [2.45, 2.75) is 13.5 Å². The molecule has 0 N–H and O–H groups in total. The van der Waals surface area contributed by atoms with E-state index in [1.54, 1.807) is 13.0 Å². The molecule has 0 aliphatic rings. The Hall–Kier alpha value is -2.74. The van der Waals surface area contributed by atoms with Gasteiger partial charge in [0.25, 0.3) is 11.6 Å². The van der Waals surface area contributed by atoms with Crippen LogP contribution in [0.1, 0.15) is 11.5 Å². The third kappa shape index (κ3) is 3.43. The van der Waals surface area contributed by atoms with Crippen molar-refractivity contribution in [3.8, 4) is 17.2 Å². The number of nitro groups is 1. The molecule has 0 spiro atoms. The summed E-state index contributed by atoms with van der Waals surface area (Å²) in [4.78, 5) is 10.4. The summed E-state index contributed by atoms with van der Waals surface area (Å²) >= 11 is 3.43. The van der Waals surface area contributed by atoms with Crippen LogP contribution >= 0.6 is 15.9 Å². The van der Waals surface area contributed by atoms with E-state index in [4.69, 9.17) is 9.15 Å². The number of halogens is 1. The summed E-state index contributed by atoms with van der Waals surface area (Å²) in [6, 6.07) is 12.1. The summed E-state index contributed by atoms with van der Waals surface area (Å²) < 4.78 is 12.0. The van der Waals surface area contributed by atoms with Gasteiger partial charge in [0, 0.05) is 16.1 Å². The van der Waals surface area contributed by atoms with Gasteiger partial charge < -0.3 is 9.15 Å². The zero-order chi connectivity index (χ0) is 17.1. The molecule has 3 aromatic rings. The predicted molar refractivity (Wildman–Crippen MR) is 89.6 cm³/mol. The average Bonchev–Trinajstić information content (AvgIpc) is 3.02. The lowest BCUT2D eigenvalue weighted by Gasteiger charge is -2.04. The average molecular weight is 390 g/mol. The van der Waals surface area contributed by atoms with Gasteiger partial charge in [-0.25, -0.2) is 0 Å². The molecule has 0 fully saturated rings. The van der Waals surface area contributed by atoms with Crippen molar-refractivity contribution in [2.75, 3.05) is 0 Å². The molecule has 0 aliphatic heterocycles. The van der Waals surface area contributed by atoms with E-state index in [0.717, 1.165) is 10.0 Å². The molecule has 0 saturated carbocycles. The number of nitrogens with zero attached hydrogens (tertiary/aromatic N) is 3. The highest BCUT2D eigenvalue weighted by Gasteiger charge is 2.13.